The van der Waals surface area contributed by atoms with Crippen LogP contribution in [0.5, 0.6) is 5.75 Å². The second kappa shape index (κ2) is 4.81. The van der Waals surface area contributed by atoms with Crippen LogP contribution in [0.1, 0.15) is 27.0 Å². The van der Waals surface area contributed by atoms with Gasteiger partial charge in [0.15, 0.2) is 5.78 Å². The summed E-state index contributed by atoms with van der Waals surface area (Å²) >= 11 is 0. The topological polar surface area (TPSA) is 69.4 Å². The van der Waals surface area contributed by atoms with E-state index in [2.05, 4.69) is 0 Å². The maximum absolute atomic E-state index is 12.6. The second-order valence-electron chi connectivity index (χ2n) is 4.71. The maximum Gasteiger partial charge on any atom is 0.221 e. The van der Waals surface area contributed by atoms with Crippen LogP contribution in [0.25, 0.3) is 0 Å². The molecule has 1 aliphatic heterocycles. The van der Waals surface area contributed by atoms with Crippen LogP contribution < -0.4 is 10.5 Å². The molecular formula is C16H13NO3. The van der Waals surface area contributed by atoms with Crippen LogP contribution >= 0.6 is 0 Å². The van der Waals surface area contributed by atoms with Crippen LogP contribution in [0.2, 0.25) is 0 Å². The minimum absolute atomic E-state index is 0.0623. The Balaban J connectivity index is 2.13. The van der Waals surface area contributed by atoms with Crippen molar-refractivity contribution < 1.29 is 14.3 Å². The number of hydrogen-bond acceptors (Lipinski definition) is 3. The van der Waals surface area contributed by atoms with Crippen molar-refractivity contribution in [3.63, 3.8) is 0 Å². The first-order valence-electron chi connectivity index (χ1n) is 6.32. The van der Waals surface area contributed by atoms with Gasteiger partial charge >= 0.3 is 0 Å². The van der Waals surface area contributed by atoms with Gasteiger partial charge in [-0.2, -0.15) is 0 Å². The van der Waals surface area contributed by atoms with Crippen LogP contribution in [0, 0.1) is 0 Å². The van der Waals surface area contributed by atoms with E-state index in [4.69, 9.17) is 10.5 Å². The molecule has 0 radical (unpaired) electrons. The van der Waals surface area contributed by atoms with E-state index in [1.165, 1.54) is 0 Å². The molecule has 0 bridgehead atoms. The summed E-state index contributed by atoms with van der Waals surface area (Å²) in [6.07, 6.45) is 0.0623. The average molecular weight is 267 g/mol. The Morgan fingerprint density at radius 3 is 2.65 bits per heavy atom. The fourth-order valence-corrected chi connectivity index (χ4v) is 2.42. The summed E-state index contributed by atoms with van der Waals surface area (Å²) in [5.41, 5.74) is 7.85. The molecule has 0 aliphatic carbocycles. The largest absolute Gasteiger partial charge is 0.488 e. The van der Waals surface area contributed by atoms with Gasteiger partial charge in [-0.05, 0) is 6.07 Å². The highest BCUT2D eigenvalue weighted by Gasteiger charge is 2.24. The van der Waals surface area contributed by atoms with E-state index in [9.17, 15) is 9.59 Å². The molecular weight excluding hydrogens is 254 g/mol. The summed E-state index contributed by atoms with van der Waals surface area (Å²) in [6, 6.07) is 12.6. The number of carbonyl (C=O) groups is 2. The highest BCUT2D eigenvalue weighted by Crippen LogP contribution is 2.31. The van der Waals surface area contributed by atoms with E-state index >= 15 is 0 Å². The average Bonchev–Trinajstić information content (AvgIpc) is 2.58. The number of carbonyl (C=O) groups excluding carboxylic acids is 2. The molecule has 100 valence electrons. The number of amides is 1. The van der Waals surface area contributed by atoms with Gasteiger partial charge in [-0.25, -0.2) is 0 Å². The van der Waals surface area contributed by atoms with Crippen molar-refractivity contribution in [2.45, 2.75) is 13.0 Å². The van der Waals surface area contributed by atoms with E-state index in [1.54, 1.807) is 24.3 Å². The first kappa shape index (κ1) is 12.4. The smallest absolute Gasteiger partial charge is 0.221 e. The number of ketones is 1. The summed E-state index contributed by atoms with van der Waals surface area (Å²) in [6.45, 7) is 0.310. The standard InChI is InChI=1S/C16H13NO3/c17-14(18)8-10-5-3-7-13-15(19)12-6-2-1-4-11(12)9-20-16(10)13/h1-7H,8-9H2,(H2,17,18). The first-order valence-corrected chi connectivity index (χ1v) is 6.32. The van der Waals surface area contributed by atoms with E-state index in [-0.39, 0.29) is 12.2 Å². The monoisotopic (exact) mass is 267 g/mol. The highest BCUT2D eigenvalue weighted by atomic mass is 16.5. The Hall–Kier alpha value is -2.62. The Morgan fingerprint density at radius 2 is 1.85 bits per heavy atom. The third kappa shape index (κ3) is 2.05. The molecule has 3 rings (SSSR count). The zero-order chi connectivity index (χ0) is 14.1. The van der Waals surface area contributed by atoms with Gasteiger partial charge in [-0.15, -0.1) is 0 Å². The minimum Gasteiger partial charge on any atom is -0.488 e. The number of hydrogen-bond donors (Lipinski definition) is 1. The maximum atomic E-state index is 12.6. The third-order valence-electron chi connectivity index (χ3n) is 3.34. The van der Waals surface area contributed by atoms with Gasteiger partial charge < -0.3 is 10.5 Å². The molecule has 0 saturated carbocycles. The summed E-state index contributed by atoms with van der Waals surface area (Å²) in [5, 5.41) is 0. The molecule has 0 unspecified atom stereocenters. The Kier molecular flexibility index (Phi) is 2.99. The van der Waals surface area contributed by atoms with Crippen molar-refractivity contribution in [3.05, 3.63) is 64.7 Å². The summed E-state index contributed by atoms with van der Waals surface area (Å²) in [4.78, 5) is 23.7. The number of ether oxygens (including phenoxy) is 1. The summed E-state index contributed by atoms with van der Waals surface area (Å²) in [5.74, 6) is -0.0665. The van der Waals surface area contributed by atoms with Gasteiger partial charge in [0.1, 0.15) is 12.4 Å². The summed E-state index contributed by atoms with van der Waals surface area (Å²) in [7, 11) is 0. The van der Waals surface area contributed by atoms with Gasteiger partial charge in [0.05, 0.1) is 12.0 Å². The molecule has 1 heterocycles. The van der Waals surface area contributed by atoms with Gasteiger partial charge in [-0.3, -0.25) is 9.59 Å². The van der Waals surface area contributed by atoms with Gasteiger partial charge in [0, 0.05) is 16.7 Å². The van der Waals surface area contributed by atoms with Crippen molar-refractivity contribution in [2.75, 3.05) is 0 Å². The molecule has 4 heteroatoms. The molecule has 2 aromatic carbocycles. The van der Waals surface area contributed by atoms with E-state index in [1.807, 2.05) is 18.2 Å². The molecule has 2 aromatic rings. The Labute approximate surface area is 116 Å². The van der Waals surface area contributed by atoms with Crippen LogP contribution in [-0.4, -0.2) is 11.7 Å². The number of rotatable bonds is 2. The lowest BCUT2D eigenvalue weighted by atomic mass is 9.97. The lowest BCUT2D eigenvalue weighted by molar-refractivity contribution is -0.117. The minimum atomic E-state index is -0.448. The normalized spacial score (nSPS) is 12.9. The lowest BCUT2D eigenvalue weighted by Crippen LogP contribution is -2.15. The summed E-state index contributed by atoms with van der Waals surface area (Å²) < 4.78 is 5.75. The van der Waals surface area contributed by atoms with Crippen molar-refractivity contribution in [1.82, 2.24) is 0 Å². The lowest BCUT2D eigenvalue weighted by Gasteiger charge is -2.11. The van der Waals surface area contributed by atoms with Gasteiger partial charge in [0.2, 0.25) is 5.91 Å². The fourth-order valence-electron chi connectivity index (χ4n) is 2.42. The van der Waals surface area contributed by atoms with E-state index < -0.39 is 5.91 Å². The number of nitrogens with two attached hydrogens (primary N) is 1. The molecule has 0 saturated heterocycles. The zero-order valence-electron chi connectivity index (χ0n) is 10.8. The molecule has 0 atom stereocenters. The predicted molar refractivity (Wildman–Crippen MR) is 73.5 cm³/mol. The van der Waals surface area contributed by atoms with Crippen molar-refractivity contribution in [3.8, 4) is 5.75 Å². The Morgan fingerprint density at radius 1 is 1.10 bits per heavy atom. The predicted octanol–water partition coefficient (Wildman–Crippen LogP) is 1.84. The number of para-hydroxylation sites is 1. The number of benzene rings is 2. The van der Waals surface area contributed by atoms with Crippen LogP contribution in [-0.2, 0) is 17.8 Å². The number of fused-ring (bicyclic) bond motifs is 2. The molecule has 0 spiro atoms. The quantitative estimate of drug-likeness (QED) is 0.902. The molecule has 1 aliphatic rings. The van der Waals surface area contributed by atoms with E-state index in [0.29, 0.717) is 29.0 Å². The van der Waals surface area contributed by atoms with Crippen molar-refractivity contribution in [2.24, 2.45) is 5.73 Å². The second-order valence-corrected chi connectivity index (χ2v) is 4.71. The molecule has 1 amide bonds. The van der Waals surface area contributed by atoms with Gasteiger partial charge in [-0.1, -0.05) is 36.4 Å². The molecule has 20 heavy (non-hydrogen) atoms. The molecule has 0 aromatic heterocycles. The third-order valence-corrected chi connectivity index (χ3v) is 3.34. The Bertz CT molecular complexity index is 707. The zero-order valence-corrected chi connectivity index (χ0v) is 10.8. The SMILES string of the molecule is NC(=O)Cc1cccc2c1OCc1ccccc1C2=O. The van der Waals surface area contributed by atoms with Crippen molar-refractivity contribution in [1.29, 1.82) is 0 Å². The van der Waals surface area contributed by atoms with Gasteiger partial charge in [0.25, 0.3) is 0 Å². The highest BCUT2D eigenvalue weighted by molar-refractivity contribution is 6.12. The van der Waals surface area contributed by atoms with Crippen LogP contribution in [0.3, 0.4) is 0 Å². The molecule has 2 N–H and O–H groups in total. The molecule has 0 fully saturated rings. The fraction of sp³-hybridized carbons (Fsp3) is 0.125. The van der Waals surface area contributed by atoms with Crippen molar-refractivity contribution >= 4 is 11.7 Å². The first-order chi connectivity index (χ1) is 9.66. The van der Waals surface area contributed by atoms with Crippen LogP contribution in [0.15, 0.2) is 42.5 Å². The van der Waals surface area contributed by atoms with Crippen LogP contribution in [0.4, 0.5) is 0 Å². The van der Waals surface area contributed by atoms with E-state index in [0.717, 1.165) is 5.56 Å². The number of primary amides is 1. The molecule has 4 nitrogen and oxygen atoms in total.